The zero-order valence-electron chi connectivity index (χ0n) is 10.9. The Morgan fingerprint density at radius 3 is 3.00 bits per heavy atom. The first kappa shape index (κ1) is 11.8. The second-order valence-electron chi connectivity index (χ2n) is 5.54. The maximum Gasteiger partial charge on any atom is 0.231 e. The van der Waals surface area contributed by atoms with Gasteiger partial charge in [-0.1, -0.05) is 25.8 Å². The Morgan fingerprint density at radius 2 is 2.11 bits per heavy atom. The summed E-state index contributed by atoms with van der Waals surface area (Å²) in [4.78, 5) is 0. The molecule has 1 fully saturated rings. The first-order valence-electron chi connectivity index (χ1n) is 6.93. The van der Waals surface area contributed by atoms with Crippen LogP contribution in [0.15, 0.2) is 18.2 Å². The Morgan fingerprint density at radius 1 is 1.22 bits per heavy atom. The molecule has 1 saturated carbocycles. The molecule has 1 aromatic rings. The van der Waals surface area contributed by atoms with Gasteiger partial charge in [0.25, 0.3) is 0 Å². The summed E-state index contributed by atoms with van der Waals surface area (Å²) < 4.78 is 10.7. The summed E-state index contributed by atoms with van der Waals surface area (Å²) in [6.45, 7) is 3.63. The van der Waals surface area contributed by atoms with Gasteiger partial charge in [-0.3, -0.25) is 0 Å². The molecule has 1 N–H and O–H groups in total. The fraction of sp³-hybridized carbons (Fsp3) is 0.600. The molecule has 2 aliphatic rings. The highest BCUT2D eigenvalue weighted by Gasteiger charge is 2.18. The van der Waals surface area contributed by atoms with E-state index in [0.717, 1.165) is 24.0 Å². The number of rotatable bonds is 3. The van der Waals surface area contributed by atoms with E-state index in [-0.39, 0.29) is 0 Å². The van der Waals surface area contributed by atoms with Gasteiger partial charge in [-0.15, -0.1) is 0 Å². The van der Waals surface area contributed by atoms with Gasteiger partial charge in [-0.05, 0) is 36.5 Å². The topological polar surface area (TPSA) is 30.5 Å². The molecule has 1 heterocycles. The molecule has 3 rings (SSSR count). The van der Waals surface area contributed by atoms with Crippen LogP contribution in [0.1, 0.15) is 38.2 Å². The van der Waals surface area contributed by atoms with E-state index in [0.29, 0.717) is 12.8 Å². The average Bonchev–Trinajstić information content (AvgIpc) is 2.84. The van der Waals surface area contributed by atoms with E-state index < -0.39 is 0 Å². The van der Waals surface area contributed by atoms with Crippen molar-refractivity contribution in [2.24, 2.45) is 5.92 Å². The van der Waals surface area contributed by atoms with Crippen molar-refractivity contribution in [3.05, 3.63) is 23.8 Å². The first-order valence-corrected chi connectivity index (χ1v) is 6.93. The van der Waals surface area contributed by atoms with Gasteiger partial charge in [0.05, 0.1) is 0 Å². The lowest BCUT2D eigenvalue weighted by molar-refractivity contribution is 0.174. The standard InChI is InChI=1S/C15H21NO2/c1-11-3-2-4-13(7-11)16-9-12-5-6-14-15(8-12)18-10-17-14/h5-6,8,11,13,16H,2-4,7,9-10H2,1H3/t11-,13-/m1/s1. The minimum Gasteiger partial charge on any atom is -0.454 e. The zero-order valence-corrected chi connectivity index (χ0v) is 10.9. The van der Waals surface area contributed by atoms with Crippen LogP contribution < -0.4 is 14.8 Å². The zero-order chi connectivity index (χ0) is 12.4. The highest BCUT2D eigenvalue weighted by atomic mass is 16.7. The van der Waals surface area contributed by atoms with Gasteiger partial charge < -0.3 is 14.8 Å². The van der Waals surface area contributed by atoms with E-state index in [9.17, 15) is 0 Å². The van der Waals surface area contributed by atoms with Crippen molar-refractivity contribution >= 4 is 0 Å². The quantitative estimate of drug-likeness (QED) is 0.890. The molecular formula is C15H21NO2. The molecular weight excluding hydrogens is 226 g/mol. The maximum atomic E-state index is 5.40. The minimum absolute atomic E-state index is 0.354. The summed E-state index contributed by atoms with van der Waals surface area (Å²) in [5.74, 6) is 2.62. The van der Waals surface area contributed by atoms with Crippen molar-refractivity contribution in [2.75, 3.05) is 6.79 Å². The van der Waals surface area contributed by atoms with Crippen LogP contribution in [-0.4, -0.2) is 12.8 Å². The fourth-order valence-electron chi connectivity index (χ4n) is 2.93. The van der Waals surface area contributed by atoms with Gasteiger partial charge in [0, 0.05) is 12.6 Å². The van der Waals surface area contributed by atoms with Crippen LogP contribution in [0.5, 0.6) is 11.5 Å². The summed E-state index contributed by atoms with van der Waals surface area (Å²) in [6.07, 6.45) is 5.38. The van der Waals surface area contributed by atoms with E-state index >= 15 is 0 Å². The maximum absolute atomic E-state index is 5.40. The van der Waals surface area contributed by atoms with Crippen LogP contribution in [0.2, 0.25) is 0 Å². The Bertz CT molecular complexity index is 419. The molecule has 1 aromatic carbocycles. The largest absolute Gasteiger partial charge is 0.454 e. The van der Waals surface area contributed by atoms with Crippen molar-refractivity contribution in [1.82, 2.24) is 5.32 Å². The highest BCUT2D eigenvalue weighted by Crippen LogP contribution is 2.32. The van der Waals surface area contributed by atoms with Crippen molar-refractivity contribution in [3.8, 4) is 11.5 Å². The van der Waals surface area contributed by atoms with Gasteiger partial charge in [0.1, 0.15) is 0 Å². The van der Waals surface area contributed by atoms with Crippen LogP contribution >= 0.6 is 0 Å². The molecule has 3 nitrogen and oxygen atoms in total. The molecule has 1 aliphatic heterocycles. The summed E-state index contributed by atoms with van der Waals surface area (Å²) in [7, 11) is 0. The lowest BCUT2D eigenvalue weighted by Crippen LogP contribution is -2.33. The molecule has 18 heavy (non-hydrogen) atoms. The van der Waals surface area contributed by atoms with Crippen molar-refractivity contribution < 1.29 is 9.47 Å². The average molecular weight is 247 g/mol. The second-order valence-corrected chi connectivity index (χ2v) is 5.54. The van der Waals surface area contributed by atoms with E-state index in [2.05, 4.69) is 24.4 Å². The van der Waals surface area contributed by atoms with E-state index in [1.165, 1.54) is 31.2 Å². The van der Waals surface area contributed by atoms with E-state index in [1.54, 1.807) is 0 Å². The van der Waals surface area contributed by atoms with E-state index in [1.807, 2.05) is 6.07 Å². The number of ether oxygens (including phenoxy) is 2. The monoisotopic (exact) mass is 247 g/mol. The lowest BCUT2D eigenvalue weighted by Gasteiger charge is -2.27. The lowest BCUT2D eigenvalue weighted by atomic mass is 9.87. The number of benzene rings is 1. The summed E-state index contributed by atoms with van der Waals surface area (Å²) >= 11 is 0. The SMILES string of the molecule is C[C@@H]1CCC[C@@H](NCc2ccc3c(c2)OCO3)C1. The van der Waals surface area contributed by atoms with Gasteiger partial charge in [-0.25, -0.2) is 0 Å². The molecule has 0 amide bonds. The molecule has 1 aliphatic carbocycles. The van der Waals surface area contributed by atoms with Gasteiger partial charge >= 0.3 is 0 Å². The third kappa shape index (κ3) is 2.61. The summed E-state index contributed by atoms with van der Waals surface area (Å²) in [5.41, 5.74) is 1.28. The Labute approximate surface area is 108 Å². The third-order valence-electron chi connectivity index (χ3n) is 3.97. The third-order valence-corrected chi connectivity index (χ3v) is 3.97. The molecule has 0 aromatic heterocycles. The predicted molar refractivity (Wildman–Crippen MR) is 70.8 cm³/mol. The number of fused-ring (bicyclic) bond motifs is 1. The normalized spacial score (nSPS) is 26.3. The minimum atomic E-state index is 0.354. The van der Waals surface area contributed by atoms with Gasteiger partial charge in [0.15, 0.2) is 11.5 Å². The predicted octanol–water partition coefficient (Wildman–Crippen LogP) is 3.08. The van der Waals surface area contributed by atoms with Crippen LogP contribution in [0.25, 0.3) is 0 Å². The molecule has 3 heteroatoms. The van der Waals surface area contributed by atoms with Crippen molar-refractivity contribution in [2.45, 2.75) is 45.2 Å². The number of nitrogens with one attached hydrogen (secondary N) is 1. The molecule has 0 saturated heterocycles. The van der Waals surface area contributed by atoms with Crippen molar-refractivity contribution in [1.29, 1.82) is 0 Å². The van der Waals surface area contributed by atoms with Crippen LogP contribution in [0.3, 0.4) is 0 Å². The smallest absolute Gasteiger partial charge is 0.231 e. The Hall–Kier alpha value is -1.22. The molecule has 0 unspecified atom stereocenters. The molecule has 2 atom stereocenters. The molecule has 0 spiro atoms. The molecule has 98 valence electrons. The molecule has 0 bridgehead atoms. The number of hydrogen-bond donors (Lipinski definition) is 1. The second kappa shape index (κ2) is 5.19. The summed E-state index contributed by atoms with van der Waals surface area (Å²) in [5, 5.41) is 3.66. The first-order chi connectivity index (χ1) is 8.81. The summed E-state index contributed by atoms with van der Waals surface area (Å²) in [6, 6.07) is 6.89. The van der Waals surface area contributed by atoms with E-state index in [4.69, 9.17) is 9.47 Å². The Kier molecular flexibility index (Phi) is 3.41. The number of hydrogen-bond acceptors (Lipinski definition) is 3. The van der Waals surface area contributed by atoms with Crippen molar-refractivity contribution in [3.63, 3.8) is 0 Å². The van der Waals surface area contributed by atoms with Gasteiger partial charge in [0.2, 0.25) is 6.79 Å². The Balaban J connectivity index is 1.56. The fourth-order valence-corrected chi connectivity index (χ4v) is 2.93. The highest BCUT2D eigenvalue weighted by molar-refractivity contribution is 5.44. The van der Waals surface area contributed by atoms with Gasteiger partial charge in [-0.2, -0.15) is 0 Å². The van der Waals surface area contributed by atoms with Crippen LogP contribution in [0.4, 0.5) is 0 Å². The van der Waals surface area contributed by atoms with Crippen LogP contribution in [-0.2, 0) is 6.54 Å². The molecule has 0 radical (unpaired) electrons. The van der Waals surface area contributed by atoms with Crippen LogP contribution in [0, 0.1) is 5.92 Å².